The molecule has 0 amide bonds. The van der Waals surface area contributed by atoms with Gasteiger partial charge in [-0.1, -0.05) is 13.0 Å². The van der Waals surface area contributed by atoms with Crippen molar-refractivity contribution >= 4 is 11.8 Å². The third-order valence-electron chi connectivity index (χ3n) is 3.07. The highest BCUT2D eigenvalue weighted by Gasteiger charge is 2.14. The Morgan fingerprint density at radius 1 is 1.19 bits per heavy atom. The van der Waals surface area contributed by atoms with Crippen LogP contribution in [0.15, 0.2) is 18.2 Å². The molecule has 0 aliphatic heterocycles. The number of aliphatic hydroxyl groups is 2. The molecule has 0 bridgehead atoms. The van der Waals surface area contributed by atoms with Crippen LogP contribution >= 0.6 is 11.8 Å². The van der Waals surface area contributed by atoms with E-state index in [0.717, 1.165) is 17.9 Å². The monoisotopic (exact) mass is 315 g/mol. The van der Waals surface area contributed by atoms with Crippen molar-refractivity contribution in [1.29, 1.82) is 0 Å². The lowest BCUT2D eigenvalue weighted by atomic mass is 10.1. The van der Waals surface area contributed by atoms with Crippen LogP contribution < -0.4 is 14.8 Å². The van der Waals surface area contributed by atoms with Gasteiger partial charge >= 0.3 is 0 Å². The summed E-state index contributed by atoms with van der Waals surface area (Å²) in [7, 11) is 3.24. The molecule has 0 saturated heterocycles. The summed E-state index contributed by atoms with van der Waals surface area (Å²) in [6.07, 6.45) is -0.664. The van der Waals surface area contributed by atoms with Crippen LogP contribution in [-0.4, -0.2) is 55.2 Å². The number of hydrogen-bond acceptors (Lipinski definition) is 6. The van der Waals surface area contributed by atoms with Crippen LogP contribution in [0.5, 0.6) is 11.5 Å². The second-order valence-electron chi connectivity index (χ2n) is 4.60. The van der Waals surface area contributed by atoms with Crippen LogP contribution in [0.1, 0.15) is 18.5 Å². The highest BCUT2D eigenvalue weighted by Crippen LogP contribution is 2.31. The van der Waals surface area contributed by atoms with Gasteiger partial charge in [0, 0.05) is 17.5 Å². The minimum absolute atomic E-state index is 0.158. The van der Waals surface area contributed by atoms with Crippen molar-refractivity contribution < 1.29 is 19.7 Å². The Hall–Kier alpha value is -0.950. The smallest absolute Gasteiger partial charge is 0.161 e. The molecule has 0 aliphatic carbocycles. The summed E-state index contributed by atoms with van der Waals surface area (Å²) < 4.78 is 10.6. The quantitative estimate of drug-likeness (QED) is 0.607. The van der Waals surface area contributed by atoms with Gasteiger partial charge in [0.05, 0.1) is 26.9 Å². The molecule has 3 N–H and O–H groups in total. The Balaban J connectivity index is 2.75. The minimum Gasteiger partial charge on any atom is -0.493 e. The zero-order chi connectivity index (χ0) is 15.7. The number of thioether (sulfide) groups is 1. The lowest BCUT2D eigenvalue weighted by Gasteiger charge is -2.20. The molecule has 1 aromatic carbocycles. The van der Waals surface area contributed by atoms with Gasteiger partial charge in [-0.05, 0) is 24.2 Å². The average molecular weight is 315 g/mol. The molecule has 0 aliphatic rings. The van der Waals surface area contributed by atoms with E-state index in [1.54, 1.807) is 26.0 Å². The Bertz CT molecular complexity index is 417. The van der Waals surface area contributed by atoms with E-state index < -0.39 is 6.10 Å². The zero-order valence-corrected chi connectivity index (χ0v) is 13.7. The van der Waals surface area contributed by atoms with Crippen molar-refractivity contribution in [2.24, 2.45) is 0 Å². The molecule has 120 valence electrons. The molecule has 1 rings (SSSR count). The van der Waals surface area contributed by atoms with Gasteiger partial charge in [-0.15, -0.1) is 0 Å². The highest BCUT2D eigenvalue weighted by atomic mass is 32.2. The lowest BCUT2D eigenvalue weighted by Crippen LogP contribution is -2.24. The van der Waals surface area contributed by atoms with Gasteiger partial charge in [-0.3, -0.25) is 0 Å². The van der Waals surface area contributed by atoms with Crippen molar-refractivity contribution in [2.75, 3.05) is 38.9 Å². The van der Waals surface area contributed by atoms with E-state index in [-0.39, 0.29) is 12.6 Å². The molecule has 2 atom stereocenters. The lowest BCUT2D eigenvalue weighted by molar-refractivity contribution is 0.113. The Morgan fingerprint density at radius 2 is 1.90 bits per heavy atom. The molecule has 0 heterocycles. The molecule has 1 aromatic rings. The van der Waals surface area contributed by atoms with Crippen LogP contribution in [-0.2, 0) is 0 Å². The first-order valence-corrected chi connectivity index (χ1v) is 8.13. The number of aliphatic hydroxyl groups excluding tert-OH is 2. The molecule has 6 heteroatoms. The molecule has 21 heavy (non-hydrogen) atoms. The highest BCUT2D eigenvalue weighted by molar-refractivity contribution is 7.99. The summed E-state index contributed by atoms with van der Waals surface area (Å²) in [6.45, 7) is 2.71. The van der Waals surface area contributed by atoms with Gasteiger partial charge in [-0.2, -0.15) is 11.8 Å². The first-order chi connectivity index (χ1) is 10.2. The van der Waals surface area contributed by atoms with E-state index in [1.165, 1.54) is 0 Å². The molecule has 0 fully saturated rings. The standard InChI is InChI=1S/C15H25NO4S/c1-4-16-13(10-21-9-12(18)8-17)11-5-6-14(19-2)15(7-11)20-3/h5-7,12-13,16-18H,4,8-10H2,1-3H3. The third kappa shape index (κ3) is 5.74. The molecule has 5 nitrogen and oxygen atoms in total. The summed E-state index contributed by atoms with van der Waals surface area (Å²) >= 11 is 1.61. The maximum atomic E-state index is 9.39. The maximum Gasteiger partial charge on any atom is 0.161 e. The van der Waals surface area contributed by atoms with Gasteiger partial charge in [-0.25, -0.2) is 0 Å². The van der Waals surface area contributed by atoms with E-state index in [2.05, 4.69) is 12.2 Å². The Morgan fingerprint density at radius 3 is 2.48 bits per heavy atom. The first kappa shape index (κ1) is 18.1. The van der Waals surface area contributed by atoms with E-state index in [0.29, 0.717) is 17.3 Å². The Kier molecular flexibility index (Phi) is 8.52. The number of rotatable bonds is 10. The largest absolute Gasteiger partial charge is 0.493 e. The van der Waals surface area contributed by atoms with Crippen LogP contribution in [0.3, 0.4) is 0 Å². The fourth-order valence-corrected chi connectivity index (χ4v) is 3.02. The minimum atomic E-state index is -0.664. The fraction of sp³-hybridized carbons (Fsp3) is 0.600. The normalized spacial score (nSPS) is 13.8. The second kappa shape index (κ2) is 9.89. The third-order valence-corrected chi connectivity index (χ3v) is 4.26. The Labute approximate surface area is 130 Å². The number of methoxy groups -OCH3 is 2. The predicted molar refractivity (Wildman–Crippen MR) is 86.4 cm³/mol. The molecular formula is C15H25NO4S. The van der Waals surface area contributed by atoms with Crippen LogP contribution in [0.2, 0.25) is 0 Å². The van der Waals surface area contributed by atoms with Crippen molar-refractivity contribution in [3.05, 3.63) is 23.8 Å². The van der Waals surface area contributed by atoms with Crippen LogP contribution in [0.25, 0.3) is 0 Å². The molecular weight excluding hydrogens is 290 g/mol. The molecule has 0 aromatic heterocycles. The van der Waals surface area contributed by atoms with Crippen molar-refractivity contribution in [3.8, 4) is 11.5 Å². The van der Waals surface area contributed by atoms with E-state index in [9.17, 15) is 5.11 Å². The van der Waals surface area contributed by atoms with Gasteiger partial charge in [0.25, 0.3) is 0 Å². The zero-order valence-electron chi connectivity index (χ0n) is 12.8. The molecule has 2 unspecified atom stereocenters. The van der Waals surface area contributed by atoms with E-state index in [1.807, 2.05) is 18.2 Å². The van der Waals surface area contributed by atoms with Crippen LogP contribution in [0.4, 0.5) is 0 Å². The first-order valence-electron chi connectivity index (χ1n) is 6.98. The van der Waals surface area contributed by atoms with Crippen LogP contribution in [0, 0.1) is 0 Å². The number of nitrogens with one attached hydrogen (secondary N) is 1. The summed E-state index contributed by atoms with van der Waals surface area (Å²) in [4.78, 5) is 0. The van der Waals surface area contributed by atoms with Crippen molar-refractivity contribution in [2.45, 2.75) is 19.1 Å². The number of benzene rings is 1. The summed E-state index contributed by atoms with van der Waals surface area (Å²) in [5.41, 5.74) is 1.11. The summed E-state index contributed by atoms with van der Waals surface area (Å²) in [5.74, 6) is 2.74. The molecule has 0 saturated carbocycles. The fourth-order valence-electron chi connectivity index (χ4n) is 1.96. The van der Waals surface area contributed by atoms with E-state index >= 15 is 0 Å². The number of ether oxygens (including phenoxy) is 2. The van der Waals surface area contributed by atoms with Gasteiger partial charge in [0.1, 0.15) is 0 Å². The van der Waals surface area contributed by atoms with Gasteiger partial charge in [0.2, 0.25) is 0 Å². The number of hydrogen-bond donors (Lipinski definition) is 3. The SMILES string of the molecule is CCNC(CSCC(O)CO)c1ccc(OC)c(OC)c1. The average Bonchev–Trinajstić information content (AvgIpc) is 2.53. The predicted octanol–water partition coefficient (Wildman–Crippen LogP) is 1.44. The maximum absolute atomic E-state index is 9.39. The van der Waals surface area contributed by atoms with Gasteiger partial charge in [0.15, 0.2) is 11.5 Å². The molecule has 0 spiro atoms. The van der Waals surface area contributed by atoms with Crippen molar-refractivity contribution in [1.82, 2.24) is 5.32 Å². The summed E-state index contributed by atoms with van der Waals surface area (Å²) in [5, 5.41) is 21.6. The topological polar surface area (TPSA) is 71.0 Å². The molecule has 0 radical (unpaired) electrons. The van der Waals surface area contributed by atoms with Gasteiger partial charge < -0.3 is 25.0 Å². The second-order valence-corrected chi connectivity index (χ2v) is 5.67. The van der Waals surface area contributed by atoms with E-state index in [4.69, 9.17) is 14.6 Å². The van der Waals surface area contributed by atoms with Crippen molar-refractivity contribution in [3.63, 3.8) is 0 Å². The summed E-state index contributed by atoms with van der Waals surface area (Å²) in [6, 6.07) is 6.03.